The third-order valence-electron chi connectivity index (χ3n) is 4.50. The minimum Gasteiger partial charge on any atom is -0.505 e. The fourth-order valence-electron chi connectivity index (χ4n) is 2.69. The fraction of sp³-hybridized carbons (Fsp3) is 0.0833. The largest absolute Gasteiger partial charge is 0.505 e. The van der Waals surface area contributed by atoms with Crippen LogP contribution in [0.4, 0.5) is 11.4 Å². The van der Waals surface area contributed by atoms with Crippen molar-refractivity contribution >= 4 is 28.8 Å². The van der Waals surface area contributed by atoms with Crippen LogP contribution < -0.4 is 4.90 Å². The molecule has 6 heteroatoms. The molecule has 0 radical (unpaired) electrons. The molecule has 0 heterocycles. The summed E-state index contributed by atoms with van der Waals surface area (Å²) in [6.07, 6.45) is 0. The summed E-state index contributed by atoms with van der Waals surface area (Å²) >= 11 is 0. The Bertz CT molecular complexity index is 1090. The quantitative estimate of drug-likeness (QED) is 0.255. The molecule has 1 amide bonds. The number of Topliss-reactive ketones (excluding diaryl/α,β-unsaturated/α-hetero) is 1. The average molecular weight is 399 g/mol. The summed E-state index contributed by atoms with van der Waals surface area (Å²) in [4.78, 5) is 26.0. The molecular weight excluding hydrogens is 378 g/mol. The Kier molecular flexibility index (Phi) is 6.49. The number of aliphatic hydroxyl groups excluding tert-OH is 1. The van der Waals surface area contributed by atoms with Gasteiger partial charge in [0, 0.05) is 30.8 Å². The second-order valence-electron chi connectivity index (χ2n) is 6.55. The lowest BCUT2D eigenvalue weighted by atomic mass is 10.1. The van der Waals surface area contributed by atoms with Crippen LogP contribution in [-0.4, -0.2) is 23.8 Å². The van der Waals surface area contributed by atoms with Crippen molar-refractivity contribution in [3.05, 3.63) is 102 Å². The average Bonchev–Trinajstić information content (AvgIpc) is 2.80. The van der Waals surface area contributed by atoms with E-state index in [9.17, 15) is 14.7 Å². The van der Waals surface area contributed by atoms with E-state index in [1.54, 1.807) is 85.9 Å². The molecule has 0 aliphatic carbocycles. The van der Waals surface area contributed by atoms with E-state index < -0.39 is 5.78 Å². The summed E-state index contributed by atoms with van der Waals surface area (Å²) in [6, 6.07) is 24.1. The van der Waals surface area contributed by atoms with Gasteiger partial charge < -0.3 is 10.0 Å². The zero-order chi connectivity index (χ0) is 21.5. The van der Waals surface area contributed by atoms with Gasteiger partial charge in [0.15, 0.2) is 11.5 Å². The molecule has 0 spiro atoms. The highest BCUT2D eigenvalue weighted by Gasteiger charge is 2.18. The summed E-state index contributed by atoms with van der Waals surface area (Å²) in [5.41, 5.74) is 1.90. The Morgan fingerprint density at radius 1 is 0.800 bits per heavy atom. The summed E-state index contributed by atoms with van der Waals surface area (Å²) in [5, 5.41) is 18.9. The molecule has 3 aromatic carbocycles. The Labute approximate surface area is 174 Å². The van der Waals surface area contributed by atoms with E-state index >= 15 is 0 Å². The summed E-state index contributed by atoms with van der Waals surface area (Å²) in [6.45, 7) is 1.48. The number of carbonyl (C=O) groups is 2. The molecule has 0 aromatic heterocycles. The number of allylic oxidation sites excluding steroid dienone is 1. The first-order chi connectivity index (χ1) is 14.5. The van der Waals surface area contributed by atoms with Crippen LogP contribution in [0, 0.1) is 0 Å². The van der Waals surface area contributed by atoms with Gasteiger partial charge in [-0.05, 0) is 24.3 Å². The van der Waals surface area contributed by atoms with Crippen LogP contribution >= 0.6 is 0 Å². The van der Waals surface area contributed by atoms with E-state index in [-0.39, 0.29) is 17.4 Å². The standard InChI is InChI=1S/C24H21N3O3/c1-17(28)27(2)21-15-13-20(14-16-21)25-26-22(23(29)18-9-5-3-6-10-18)24(30)19-11-7-4-8-12-19/h3-16,29H,1-2H3. The minimum absolute atomic E-state index is 0.0872. The molecule has 1 N–H and O–H groups in total. The highest BCUT2D eigenvalue weighted by atomic mass is 16.3. The zero-order valence-corrected chi connectivity index (χ0v) is 16.7. The Morgan fingerprint density at radius 2 is 1.33 bits per heavy atom. The maximum absolute atomic E-state index is 13.0. The first kappa shape index (κ1) is 20.7. The topological polar surface area (TPSA) is 82.3 Å². The number of ketones is 1. The van der Waals surface area contributed by atoms with E-state index in [4.69, 9.17) is 0 Å². The molecule has 3 aromatic rings. The molecule has 0 saturated carbocycles. The number of carbonyl (C=O) groups excluding carboxylic acids is 2. The van der Waals surface area contributed by atoms with Crippen molar-refractivity contribution in [3.63, 3.8) is 0 Å². The zero-order valence-electron chi connectivity index (χ0n) is 16.7. The second kappa shape index (κ2) is 9.43. The van der Waals surface area contributed by atoms with Gasteiger partial charge in [0.2, 0.25) is 11.7 Å². The number of azo groups is 1. The third kappa shape index (κ3) is 4.86. The number of nitrogens with zero attached hydrogens (tertiary/aromatic N) is 3. The Hall–Kier alpha value is -4.06. The first-order valence-electron chi connectivity index (χ1n) is 9.32. The predicted octanol–water partition coefficient (Wildman–Crippen LogP) is 5.56. The van der Waals surface area contributed by atoms with E-state index in [0.29, 0.717) is 22.5 Å². The van der Waals surface area contributed by atoms with Gasteiger partial charge in [-0.2, -0.15) is 5.11 Å². The van der Waals surface area contributed by atoms with E-state index in [0.717, 1.165) is 0 Å². The number of amides is 1. The lowest BCUT2D eigenvalue weighted by Crippen LogP contribution is -2.22. The van der Waals surface area contributed by atoms with Gasteiger partial charge in [-0.15, -0.1) is 5.11 Å². The van der Waals surface area contributed by atoms with Gasteiger partial charge in [-0.25, -0.2) is 0 Å². The molecule has 0 unspecified atom stereocenters. The van der Waals surface area contributed by atoms with Crippen LogP contribution in [0.2, 0.25) is 0 Å². The van der Waals surface area contributed by atoms with Crippen molar-refractivity contribution in [1.82, 2.24) is 0 Å². The number of benzene rings is 3. The Balaban J connectivity index is 1.97. The summed E-state index contributed by atoms with van der Waals surface area (Å²) in [7, 11) is 1.68. The lowest BCUT2D eigenvalue weighted by molar-refractivity contribution is -0.116. The van der Waals surface area contributed by atoms with Crippen molar-refractivity contribution in [1.29, 1.82) is 0 Å². The van der Waals surface area contributed by atoms with Crippen molar-refractivity contribution < 1.29 is 14.7 Å². The second-order valence-corrected chi connectivity index (χ2v) is 6.55. The molecule has 6 nitrogen and oxygen atoms in total. The third-order valence-corrected chi connectivity index (χ3v) is 4.50. The highest BCUT2D eigenvalue weighted by molar-refractivity contribution is 6.12. The van der Waals surface area contributed by atoms with Crippen LogP contribution in [0.15, 0.2) is 101 Å². The van der Waals surface area contributed by atoms with Gasteiger partial charge in [-0.1, -0.05) is 60.7 Å². The molecule has 0 bridgehead atoms. The first-order valence-corrected chi connectivity index (χ1v) is 9.32. The van der Waals surface area contributed by atoms with Crippen molar-refractivity contribution in [3.8, 4) is 0 Å². The van der Waals surface area contributed by atoms with Crippen LogP contribution in [0.25, 0.3) is 5.76 Å². The maximum atomic E-state index is 13.0. The number of rotatable bonds is 6. The van der Waals surface area contributed by atoms with Crippen molar-refractivity contribution in [2.24, 2.45) is 10.2 Å². The monoisotopic (exact) mass is 399 g/mol. The SMILES string of the molecule is CC(=O)N(C)c1ccc(N=NC(C(=O)c2ccccc2)=C(O)c2ccccc2)cc1. The predicted molar refractivity (Wildman–Crippen MR) is 117 cm³/mol. The summed E-state index contributed by atoms with van der Waals surface area (Å²) < 4.78 is 0. The van der Waals surface area contributed by atoms with Crippen LogP contribution in [0.5, 0.6) is 0 Å². The molecule has 0 saturated heterocycles. The molecule has 0 atom stereocenters. The smallest absolute Gasteiger partial charge is 0.223 e. The molecule has 3 rings (SSSR count). The van der Waals surface area contributed by atoms with Gasteiger partial charge in [0.1, 0.15) is 0 Å². The Morgan fingerprint density at radius 3 is 1.87 bits per heavy atom. The van der Waals surface area contributed by atoms with Gasteiger partial charge in [0.25, 0.3) is 0 Å². The minimum atomic E-state index is -0.436. The van der Waals surface area contributed by atoms with Gasteiger partial charge in [0.05, 0.1) is 5.69 Å². The van der Waals surface area contributed by atoms with Crippen molar-refractivity contribution in [2.75, 3.05) is 11.9 Å². The molecule has 0 aliphatic rings. The normalized spacial score (nSPS) is 11.8. The molecular formula is C24H21N3O3. The fourth-order valence-corrected chi connectivity index (χ4v) is 2.69. The number of anilines is 1. The number of aliphatic hydroxyl groups is 1. The van der Waals surface area contributed by atoms with E-state index in [2.05, 4.69) is 10.2 Å². The molecule has 30 heavy (non-hydrogen) atoms. The summed E-state index contributed by atoms with van der Waals surface area (Å²) in [5.74, 6) is -0.773. The van der Waals surface area contributed by atoms with Gasteiger partial charge >= 0.3 is 0 Å². The number of hydrogen-bond acceptors (Lipinski definition) is 5. The maximum Gasteiger partial charge on any atom is 0.223 e. The number of hydrogen-bond donors (Lipinski definition) is 1. The van der Waals surface area contributed by atoms with Gasteiger partial charge in [-0.3, -0.25) is 9.59 Å². The van der Waals surface area contributed by atoms with E-state index in [1.807, 2.05) is 6.07 Å². The van der Waals surface area contributed by atoms with Crippen LogP contribution in [0.3, 0.4) is 0 Å². The lowest BCUT2D eigenvalue weighted by Gasteiger charge is -2.14. The van der Waals surface area contributed by atoms with Crippen LogP contribution in [-0.2, 0) is 4.79 Å². The van der Waals surface area contributed by atoms with E-state index in [1.165, 1.54) is 11.8 Å². The molecule has 0 fully saturated rings. The van der Waals surface area contributed by atoms with Crippen molar-refractivity contribution in [2.45, 2.75) is 6.92 Å². The highest BCUT2D eigenvalue weighted by Crippen LogP contribution is 2.24. The molecule has 0 aliphatic heterocycles. The van der Waals surface area contributed by atoms with Crippen LogP contribution in [0.1, 0.15) is 22.8 Å². The molecule has 150 valence electrons.